The minimum absolute atomic E-state index is 0.0752. The van der Waals surface area contributed by atoms with Crippen molar-refractivity contribution in [2.24, 2.45) is 10.9 Å². The van der Waals surface area contributed by atoms with E-state index in [1.165, 1.54) is 0 Å². The van der Waals surface area contributed by atoms with Gasteiger partial charge in [-0.05, 0) is 47.7 Å². The Kier molecular flexibility index (Phi) is 5.78. The summed E-state index contributed by atoms with van der Waals surface area (Å²) in [6, 6.07) is 25.6. The lowest BCUT2D eigenvalue weighted by Crippen LogP contribution is -2.45. The molecule has 3 atom stereocenters. The van der Waals surface area contributed by atoms with E-state index in [-0.39, 0.29) is 17.6 Å². The Labute approximate surface area is 200 Å². The molecule has 1 aliphatic heterocycles. The van der Waals surface area contributed by atoms with Crippen LogP contribution in [-0.2, 0) is 9.59 Å². The zero-order chi connectivity index (χ0) is 23.8. The highest BCUT2D eigenvalue weighted by atomic mass is 16.2. The van der Waals surface area contributed by atoms with E-state index >= 15 is 0 Å². The van der Waals surface area contributed by atoms with E-state index < -0.39 is 12.0 Å². The van der Waals surface area contributed by atoms with E-state index in [0.29, 0.717) is 12.8 Å². The molecule has 34 heavy (non-hydrogen) atoms. The average Bonchev–Trinajstić information content (AvgIpc) is 2.99. The number of anilines is 2. The molecule has 1 amide bonds. The molecule has 0 spiro atoms. The standard InChI is InChI=1S/C29H29N3O2/c1-19(33)32-26-12-8-7-11-24(26)30-25-17-22(20-13-15-23(16-14-20)31(2)3)18-27(34)28(25)29(32)21-9-5-4-6-10-21/h4-16,22,28-29H,17-18H2,1-3H3/t22-,28?,29-/m1/s1. The zero-order valence-electron chi connectivity index (χ0n) is 19.8. The van der Waals surface area contributed by atoms with Crippen molar-refractivity contribution in [1.82, 2.24) is 0 Å². The summed E-state index contributed by atoms with van der Waals surface area (Å²) in [4.78, 5) is 35.7. The lowest BCUT2D eigenvalue weighted by atomic mass is 9.72. The highest BCUT2D eigenvalue weighted by Crippen LogP contribution is 2.47. The lowest BCUT2D eigenvalue weighted by Gasteiger charge is -2.38. The minimum atomic E-state index is -0.462. The molecule has 5 nitrogen and oxygen atoms in total. The van der Waals surface area contributed by atoms with Crippen molar-refractivity contribution in [3.05, 3.63) is 90.0 Å². The second-order valence-corrected chi connectivity index (χ2v) is 9.37. The van der Waals surface area contributed by atoms with Crippen LogP contribution in [0.15, 0.2) is 83.9 Å². The molecule has 3 aromatic carbocycles. The normalized spacial score (nSPS) is 21.7. The quantitative estimate of drug-likeness (QED) is 0.514. The van der Waals surface area contributed by atoms with Gasteiger partial charge in [0.25, 0.3) is 0 Å². The van der Waals surface area contributed by atoms with Gasteiger partial charge in [-0.3, -0.25) is 14.6 Å². The Hall–Kier alpha value is -3.73. The molecule has 0 saturated heterocycles. The van der Waals surface area contributed by atoms with Gasteiger partial charge in [-0.25, -0.2) is 0 Å². The van der Waals surface area contributed by atoms with E-state index in [1.807, 2.05) is 68.7 Å². The Balaban J connectivity index is 1.61. The highest BCUT2D eigenvalue weighted by molar-refractivity contribution is 6.13. The molecule has 1 aliphatic carbocycles. The number of hydrogen-bond donors (Lipinski definition) is 0. The van der Waals surface area contributed by atoms with Crippen LogP contribution >= 0.6 is 0 Å². The molecular formula is C29H29N3O2. The number of aliphatic imine (C=N–C) groups is 1. The van der Waals surface area contributed by atoms with E-state index in [2.05, 4.69) is 29.2 Å². The van der Waals surface area contributed by atoms with Crippen molar-refractivity contribution in [3.63, 3.8) is 0 Å². The Morgan fingerprint density at radius 2 is 1.56 bits per heavy atom. The molecule has 5 rings (SSSR count). The third kappa shape index (κ3) is 3.92. The molecule has 5 heteroatoms. The van der Waals surface area contributed by atoms with Gasteiger partial charge in [0.1, 0.15) is 5.78 Å². The van der Waals surface area contributed by atoms with Gasteiger partial charge >= 0.3 is 0 Å². The number of fused-ring (bicyclic) bond motifs is 2. The largest absolute Gasteiger partial charge is 0.378 e. The number of benzene rings is 3. The first-order valence-corrected chi connectivity index (χ1v) is 11.7. The van der Waals surface area contributed by atoms with Crippen LogP contribution in [0.5, 0.6) is 0 Å². The fourth-order valence-corrected chi connectivity index (χ4v) is 5.33. The molecule has 1 fully saturated rings. The lowest BCUT2D eigenvalue weighted by molar-refractivity contribution is -0.123. The third-order valence-corrected chi connectivity index (χ3v) is 6.97. The monoisotopic (exact) mass is 451 g/mol. The molecule has 1 saturated carbocycles. The van der Waals surface area contributed by atoms with E-state index in [0.717, 1.165) is 33.9 Å². The van der Waals surface area contributed by atoms with Crippen molar-refractivity contribution >= 4 is 34.5 Å². The minimum Gasteiger partial charge on any atom is -0.378 e. The van der Waals surface area contributed by atoms with Crippen LogP contribution in [0.3, 0.4) is 0 Å². The molecule has 3 aromatic rings. The molecule has 0 radical (unpaired) electrons. The fraction of sp³-hybridized carbons (Fsp3) is 0.276. The zero-order valence-corrected chi connectivity index (χ0v) is 19.8. The van der Waals surface area contributed by atoms with Gasteiger partial charge in [0.15, 0.2) is 0 Å². The number of rotatable bonds is 3. The predicted octanol–water partition coefficient (Wildman–Crippen LogP) is 5.70. The first-order chi connectivity index (χ1) is 16.4. The summed E-state index contributed by atoms with van der Waals surface area (Å²) in [6.45, 7) is 1.57. The number of ketones is 1. The molecule has 172 valence electrons. The molecule has 0 aromatic heterocycles. The Bertz CT molecular complexity index is 1250. The summed E-state index contributed by atoms with van der Waals surface area (Å²) < 4.78 is 0. The molecular weight excluding hydrogens is 422 g/mol. The first kappa shape index (κ1) is 22.1. The van der Waals surface area contributed by atoms with E-state index in [9.17, 15) is 9.59 Å². The van der Waals surface area contributed by atoms with Crippen LogP contribution in [0.2, 0.25) is 0 Å². The maximum Gasteiger partial charge on any atom is 0.224 e. The van der Waals surface area contributed by atoms with Gasteiger partial charge in [-0.15, -0.1) is 0 Å². The molecule has 1 heterocycles. The Morgan fingerprint density at radius 3 is 2.24 bits per heavy atom. The number of para-hydroxylation sites is 2. The number of amides is 1. The van der Waals surface area contributed by atoms with Crippen molar-refractivity contribution in [3.8, 4) is 0 Å². The number of carbonyl (C=O) groups is 2. The summed E-state index contributed by atoms with van der Waals surface area (Å²) in [5.74, 6) is -0.339. The number of Topliss-reactive ketones (excluding diaryl/α,β-unsaturated/α-hetero) is 1. The molecule has 2 aliphatic rings. The third-order valence-electron chi connectivity index (χ3n) is 6.97. The first-order valence-electron chi connectivity index (χ1n) is 11.7. The smallest absolute Gasteiger partial charge is 0.224 e. The molecule has 0 bridgehead atoms. The second kappa shape index (κ2) is 8.90. The van der Waals surface area contributed by atoms with Gasteiger partial charge in [-0.2, -0.15) is 0 Å². The van der Waals surface area contributed by atoms with Crippen LogP contribution in [0.4, 0.5) is 17.1 Å². The summed E-state index contributed by atoms with van der Waals surface area (Å²) >= 11 is 0. The van der Waals surface area contributed by atoms with Crippen molar-refractivity contribution in [2.45, 2.75) is 31.7 Å². The average molecular weight is 452 g/mol. The van der Waals surface area contributed by atoms with Crippen molar-refractivity contribution in [1.29, 1.82) is 0 Å². The van der Waals surface area contributed by atoms with Crippen LogP contribution < -0.4 is 9.80 Å². The highest BCUT2D eigenvalue weighted by Gasteiger charge is 2.45. The molecule has 0 N–H and O–H groups in total. The van der Waals surface area contributed by atoms with E-state index in [1.54, 1.807) is 11.8 Å². The van der Waals surface area contributed by atoms with Crippen LogP contribution in [0.25, 0.3) is 0 Å². The fourth-order valence-electron chi connectivity index (χ4n) is 5.33. The van der Waals surface area contributed by atoms with Crippen LogP contribution in [0, 0.1) is 5.92 Å². The number of carbonyl (C=O) groups excluding carboxylic acids is 2. The summed E-state index contributed by atoms with van der Waals surface area (Å²) in [7, 11) is 4.04. The van der Waals surface area contributed by atoms with Crippen LogP contribution in [-0.4, -0.2) is 31.5 Å². The van der Waals surface area contributed by atoms with Gasteiger partial charge in [0.05, 0.1) is 23.3 Å². The predicted molar refractivity (Wildman–Crippen MR) is 137 cm³/mol. The van der Waals surface area contributed by atoms with Crippen LogP contribution in [0.1, 0.15) is 42.9 Å². The Morgan fingerprint density at radius 1 is 0.882 bits per heavy atom. The van der Waals surface area contributed by atoms with E-state index in [4.69, 9.17) is 4.99 Å². The summed E-state index contributed by atoms with van der Waals surface area (Å²) in [5, 5.41) is 0. The number of hydrogen-bond acceptors (Lipinski definition) is 4. The van der Waals surface area contributed by atoms with Crippen molar-refractivity contribution < 1.29 is 9.59 Å². The van der Waals surface area contributed by atoms with Crippen molar-refractivity contribution in [2.75, 3.05) is 23.9 Å². The second-order valence-electron chi connectivity index (χ2n) is 9.37. The topological polar surface area (TPSA) is 53.0 Å². The van der Waals surface area contributed by atoms with Gasteiger partial charge in [0, 0.05) is 38.8 Å². The van der Waals surface area contributed by atoms with Gasteiger partial charge in [0.2, 0.25) is 5.91 Å². The maximum atomic E-state index is 13.8. The maximum absolute atomic E-state index is 13.8. The summed E-state index contributed by atoms with van der Waals surface area (Å²) in [6.07, 6.45) is 1.14. The SMILES string of the molecule is CC(=O)N1c2ccccc2N=C2C[C@@H](c3ccc(N(C)C)cc3)CC(=O)C2[C@H]1c1ccccc1. The molecule has 1 unspecified atom stereocenters. The van der Waals surface area contributed by atoms with Gasteiger partial charge < -0.3 is 9.80 Å². The summed E-state index contributed by atoms with van der Waals surface area (Å²) in [5.41, 5.74) is 5.60. The number of nitrogens with zero attached hydrogens (tertiary/aromatic N) is 3. The van der Waals surface area contributed by atoms with Gasteiger partial charge in [-0.1, -0.05) is 54.6 Å².